The lowest BCUT2D eigenvalue weighted by Gasteiger charge is -2.00. The Morgan fingerprint density at radius 2 is 2.22 bits per heavy atom. The van der Waals surface area contributed by atoms with E-state index in [-0.39, 0.29) is 15.6 Å². The second-order valence-corrected chi connectivity index (χ2v) is 5.97. The number of sulfonamides is 1. The predicted octanol–water partition coefficient (Wildman–Crippen LogP) is 1.54. The molecular weight excluding hydrogens is 280 g/mol. The fraction of sp³-hybridized carbons (Fsp3) is 0.111. The summed E-state index contributed by atoms with van der Waals surface area (Å²) in [6, 6.07) is 2.50. The molecule has 2 aromatic heterocycles. The Labute approximate surface area is 106 Å². The third-order valence-electron chi connectivity index (χ3n) is 1.96. The molecule has 0 atom stereocenters. The van der Waals surface area contributed by atoms with E-state index in [4.69, 9.17) is 9.63 Å². The molecule has 2 aromatic rings. The summed E-state index contributed by atoms with van der Waals surface area (Å²) in [5.74, 6) is -0.654. The van der Waals surface area contributed by atoms with Gasteiger partial charge in [0.05, 0.1) is 4.90 Å². The van der Waals surface area contributed by atoms with E-state index in [1.165, 1.54) is 11.4 Å². The van der Waals surface area contributed by atoms with Crippen LogP contribution in [0.3, 0.4) is 0 Å². The number of carboxylic acids is 1. The van der Waals surface area contributed by atoms with Gasteiger partial charge in [-0.05, 0) is 13.0 Å². The number of hydrogen-bond donors (Lipinski definition) is 2. The van der Waals surface area contributed by atoms with Gasteiger partial charge < -0.3 is 9.63 Å². The van der Waals surface area contributed by atoms with Crippen LogP contribution in [0.5, 0.6) is 0 Å². The van der Waals surface area contributed by atoms with Crippen molar-refractivity contribution in [3.8, 4) is 0 Å². The molecule has 0 amide bonds. The van der Waals surface area contributed by atoms with Crippen molar-refractivity contribution in [1.29, 1.82) is 0 Å². The lowest BCUT2D eigenvalue weighted by atomic mass is 10.5. The van der Waals surface area contributed by atoms with Crippen LogP contribution in [0, 0.1) is 6.92 Å². The first kappa shape index (κ1) is 12.6. The number of carboxylic acid groups (broad SMARTS) is 1. The Morgan fingerprint density at radius 1 is 1.50 bits per heavy atom. The van der Waals surface area contributed by atoms with Crippen LogP contribution in [0.1, 0.15) is 15.4 Å². The third kappa shape index (κ3) is 2.51. The fourth-order valence-corrected chi connectivity index (χ4v) is 3.28. The summed E-state index contributed by atoms with van der Waals surface area (Å²) in [5, 5.41) is 13.5. The number of thiophene rings is 1. The Hall–Kier alpha value is -1.87. The van der Waals surface area contributed by atoms with Gasteiger partial charge in [-0.25, -0.2) is 13.2 Å². The molecule has 18 heavy (non-hydrogen) atoms. The standard InChI is InChI=1S/C9H8N2O5S2/c1-5-2-8(10-16-5)11-18(14,15)6-3-7(9(12)13)17-4-6/h2-4H,1H3,(H,10,11)(H,12,13). The molecule has 2 heterocycles. The maximum atomic E-state index is 11.9. The second kappa shape index (κ2) is 4.42. The molecule has 0 aliphatic rings. The predicted molar refractivity (Wildman–Crippen MR) is 63.3 cm³/mol. The highest BCUT2D eigenvalue weighted by Crippen LogP contribution is 2.21. The van der Waals surface area contributed by atoms with Crippen LogP contribution in [0.4, 0.5) is 5.82 Å². The summed E-state index contributed by atoms with van der Waals surface area (Å²) >= 11 is 0.838. The number of aromatic nitrogens is 1. The van der Waals surface area contributed by atoms with E-state index < -0.39 is 16.0 Å². The maximum Gasteiger partial charge on any atom is 0.345 e. The number of hydrogen-bond acceptors (Lipinski definition) is 6. The van der Waals surface area contributed by atoms with Gasteiger partial charge in [0.2, 0.25) is 0 Å². The van der Waals surface area contributed by atoms with Gasteiger partial charge in [-0.3, -0.25) is 4.72 Å². The molecule has 0 aromatic carbocycles. The molecule has 0 bridgehead atoms. The van der Waals surface area contributed by atoms with Crippen molar-refractivity contribution >= 4 is 33.1 Å². The van der Waals surface area contributed by atoms with Crippen molar-refractivity contribution in [1.82, 2.24) is 5.16 Å². The molecule has 96 valence electrons. The van der Waals surface area contributed by atoms with Crippen molar-refractivity contribution in [3.05, 3.63) is 28.2 Å². The van der Waals surface area contributed by atoms with Crippen LogP contribution >= 0.6 is 11.3 Å². The number of carbonyl (C=O) groups is 1. The van der Waals surface area contributed by atoms with Gasteiger partial charge in [-0.2, -0.15) is 0 Å². The molecular formula is C9H8N2O5S2. The van der Waals surface area contributed by atoms with Crippen molar-refractivity contribution in [3.63, 3.8) is 0 Å². The molecule has 0 radical (unpaired) electrons. The molecule has 2 N–H and O–H groups in total. The van der Waals surface area contributed by atoms with Crippen LogP contribution in [0.25, 0.3) is 0 Å². The van der Waals surface area contributed by atoms with Crippen LogP contribution in [0.2, 0.25) is 0 Å². The molecule has 0 saturated carbocycles. The van der Waals surface area contributed by atoms with Gasteiger partial charge in [0.1, 0.15) is 10.6 Å². The van der Waals surface area contributed by atoms with Crippen LogP contribution < -0.4 is 4.72 Å². The molecule has 0 unspecified atom stereocenters. The van der Waals surface area contributed by atoms with Crippen LogP contribution in [-0.4, -0.2) is 24.7 Å². The van der Waals surface area contributed by atoms with Gasteiger partial charge in [0.25, 0.3) is 10.0 Å². The minimum absolute atomic E-state index is 0.0493. The molecule has 0 saturated heterocycles. The lowest BCUT2D eigenvalue weighted by molar-refractivity contribution is 0.0702. The highest BCUT2D eigenvalue weighted by molar-refractivity contribution is 7.92. The molecule has 7 nitrogen and oxygen atoms in total. The zero-order valence-electron chi connectivity index (χ0n) is 9.08. The molecule has 0 spiro atoms. The van der Waals surface area contributed by atoms with E-state index in [0.717, 1.165) is 17.4 Å². The minimum Gasteiger partial charge on any atom is -0.477 e. The van der Waals surface area contributed by atoms with E-state index in [1.807, 2.05) is 0 Å². The summed E-state index contributed by atoms with van der Waals surface area (Å²) < 4.78 is 30.6. The summed E-state index contributed by atoms with van der Waals surface area (Å²) in [5.41, 5.74) is 0. The quantitative estimate of drug-likeness (QED) is 0.883. The summed E-state index contributed by atoms with van der Waals surface area (Å²) in [6.45, 7) is 1.62. The lowest BCUT2D eigenvalue weighted by Crippen LogP contribution is -2.12. The second-order valence-electron chi connectivity index (χ2n) is 3.38. The Balaban J connectivity index is 2.27. The van der Waals surface area contributed by atoms with Crippen molar-refractivity contribution in [2.24, 2.45) is 0 Å². The normalized spacial score (nSPS) is 11.4. The SMILES string of the molecule is Cc1cc(NS(=O)(=O)c2csc(C(=O)O)c2)no1. The smallest absolute Gasteiger partial charge is 0.345 e. The first-order chi connectivity index (χ1) is 8.38. The first-order valence-electron chi connectivity index (χ1n) is 4.66. The van der Waals surface area contributed by atoms with E-state index in [0.29, 0.717) is 5.76 Å². The number of rotatable bonds is 4. The highest BCUT2D eigenvalue weighted by Gasteiger charge is 2.19. The number of nitrogens with one attached hydrogen (secondary N) is 1. The Bertz CT molecular complexity index is 685. The van der Waals surface area contributed by atoms with Crippen molar-refractivity contribution in [2.75, 3.05) is 4.72 Å². The molecule has 0 fully saturated rings. The first-order valence-corrected chi connectivity index (χ1v) is 7.03. The van der Waals surface area contributed by atoms with Gasteiger partial charge in [-0.1, -0.05) is 5.16 Å². The van der Waals surface area contributed by atoms with Crippen molar-refractivity contribution < 1.29 is 22.8 Å². The molecule has 2 rings (SSSR count). The van der Waals surface area contributed by atoms with E-state index in [9.17, 15) is 13.2 Å². The summed E-state index contributed by atoms with van der Waals surface area (Å²) in [4.78, 5) is 10.5. The number of aromatic carboxylic acids is 1. The summed E-state index contributed by atoms with van der Waals surface area (Å²) in [6.07, 6.45) is 0. The van der Waals surface area contributed by atoms with Crippen LogP contribution in [-0.2, 0) is 10.0 Å². The molecule has 9 heteroatoms. The zero-order chi connectivity index (χ0) is 13.3. The number of anilines is 1. The maximum absolute atomic E-state index is 11.9. The Morgan fingerprint density at radius 3 is 2.72 bits per heavy atom. The number of nitrogens with zero attached hydrogens (tertiary/aromatic N) is 1. The average Bonchev–Trinajstić information content (AvgIpc) is 2.86. The van der Waals surface area contributed by atoms with E-state index in [1.54, 1.807) is 6.92 Å². The fourth-order valence-electron chi connectivity index (χ4n) is 1.18. The topological polar surface area (TPSA) is 110 Å². The largest absolute Gasteiger partial charge is 0.477 e. The van der Waals surface area contributed by atoms with Crippen molar-refractivity contribution in [2.45, 2.75) is 11.8 Å². The van der Waals surface area contributed by atoms with E-state index >= 15 is 0 Å². The highest BCUT2D eigenvalue weighted by atomic mass is 32.2. The van der Waals surface area contributed by atoms with Gasteiger partial charge >= 0.3 is 5.97 Å². The average molecular weight is 288 g/mol. The third-order valence-corrected chi connectivity index (χ3v) is 4.36. The van der Waals surface area contributed by atoms with Gasteiger partial charge in [-0.15, -0.1) is 11.3 Å². The number of aryl methyl sites for hydroxylation is 1. The molecule has 0 aliphatic carbocycles. The monoisotopic (exact) mass is 288 g/mol. The Kier molecular flexibility index (Phi) is 3.09. The van der Waals surface area contributed by atoms with E-state index in [2.05, 4.69) is 9.88 Å². The van der Waals surface area contributed by atoms with Gasteiger partial charge in [0, 0.05) is 11.4 Å². The van der Waals surface area contributed by atoms with Gasteiger partial charge in [0.15, 0.2) is 5.82 Å². The van der Waals surface area contributed by atoms with Crippen LogP contribution in [0.15, 0.2) is 26.9 Å². The minimum atomic E-state index is -3.84. The zero-order valence-corrected chi connectivity index (χ0v) is 10.7. The molecule has 0 aliphatic heterocycles. The summed E-state index contributed by atoms with van der Waals surface area (Å²) in [7, 11) is -3.84.